The number of carbonyl (C=O) groups is 3. The number of anilines is 1. The average Bonchev–Trinajstić information content (AvgIpc) is 3.08. The first-order chi connectivity index (χ1) is 16.0. The number of imide groups is 1. The minimum absolute atomic E-state index is 0.182. The first-order valence-corrected chi connectivity index (χ1v) is 11.7. The van der Waals surface area contributed by atoms with Crippen LogP contribution in [0.15, 0.2) is 88.2 Å². The Kier molecular flexibility index (Phi) is 7.26. The Morgan fingerprint density at radius 1 is 0.970 bits per heavy atom. The summed E-state index contributed by atoms with van der Waals surface area (Å²) in [5.74, 6) is -0.222. The molecule has 1 saturated heterocycles. The number of para-hydroxylation sites is 2. The molecule has 1 fully saturated rings. The van der Waals surface area contributed by atoms with E-state index in [0.717, 1.165) is 21.8 Å². The Morgan fingerprint density at radius 2 is 1.67 bits per heavy atom. The van der Waals surface area contributed by atoms with Crippen LogP contribution >= 0.6 is 27.7 Å². The van der Waals surface area contributed by atoms with Crippen LogP contribution in [0.1, 0.15) is 11.1 Å². The SMILES string of the molecule is O=C(COc1ccccc1/C=C1/SC(=O)N(Cc2ccccc2Br)C1=O)Nc1ccccc1. The molecule has 8 heteroatoms. The van der Waals surface area contributed by atoms with Gasteiger partial charge in [0.05, 0.1) is 11.4 Å². The second-order valence-electron chi connectivity index (χ2n) is 7.10. The number of hydrogen-bond donors (Lipinski definition) is 1. The Balaban J connectivity index is 1.46. The smallest absolute Gasteiger partial charge is 0.293 e. The van der Waals surface area contributed by atoms with Crippen LogP contribution in [0.5, 0.6) is 5.75 Å². The topological polar surface area (TPSA) is 75.7 Å². The number of nitrogens with zero attached hydrogens (tertiary/aromatic N) is 1. The molecule has 4 rings (SSSR count). The van der Waals surface area contributed by atoms with Gasteiger partial charge in [-0.1, -0.05) is 70.5 Å². The van der Waals surface area contributed by atoms with Crippen molar-refractivity contribution in [3.8, 4) is 5.75 Å². The fraction of sp³-hybridized carbons (Fsp3) is 0.0800. The third kappa shape index (κ3) is 5.71. The van der Waals surface area contributed by atoms with Crippen molar-refractivity contribution in [3.63, 3.8) is 0 Å². The van der Waals surface area contributed by atoms with Crippen molar-refractivity contribution >= 4 is 56.5 Å². The molecule has 33 heavy (non-hydrogen) atoms. The molecule has 3 amide bonds. The summed E-state index contributed by atoms with van der Waals surface area (Å²) in [5.41, 5.74) is 2.13. The van der Waals surface area contributed by atoms with Crippen molar-refractivity contribution < 1.29 is 19.1 Å². The van der Waals surface area contributed by atoms with E-state index < -0.39 is 0 Å². The van der Waals surface area contributed by atoms with Gasteiger partial charge >= 0.3 is 0 Å². The first-order valence-electron chi connectivity index (χ1n) is 10.1. The van der Waals surface area contributed by atoms with Crippen molar-refractivity contribution in [2.45, 2.75) is 6.54 Å². The fourth-order valence-corrected chi connectivity index (χ4v) is 4.41. The van der Waals surface area contributed by atoms with Crippen LogP contribution in [0.2, 0.25) is 0 Å². The predicted molar refractivity (Wildman–Crippen MR) is 133 cm³/mol. The lowest BCUT2D eigenvalue weighted by molar-refractivity contribution is -0.123. The highest BCUT2D eigenvalue weighted by Crippen LogP contribution is 2.35. The molecular weight excluding hydrogens is 504 g/mol. The van der Waals surface area contributed by atoms with E-state index in [2.05, 4.69) is 21.2 Å². The van der Waals surface area contributed by atoms with Crippen LogP contribution in [0.3, 0.4) is 0 Å². The molecule has 0 unspecified atom stereocenters. The molecule has 3 aromatic carbocycles. The Morgan fingerprint density at radius 3 is 2.45 bits per heavy atom. The van der Waals surface area contributed by atoms with Gasteiger partial charge < -0.3 is 10.1 Å². The van der Waals surface area contributed by atoms with Gasteiger partial charge in [-0.3, -0.25) is 19.3 Å². The summed E-state index contributed by atoms with van der Waals surface area (Å²) in [6, 6.07) is 23.6. The molecule has 1 aliphatic heterocycles. The molecule has 6 nitrogen and oxygen atoms in total. The van der Waals surface area contributed by atoms with Gasteiger partial charge in [0.25, 0.3) is 17.1 Å². The van der Waals surface area contributed by atoms with E-state index >= 15 is 0 Å². The first kappa shape index (κ1) is 22.8. The van der Waals surface area contributed by atoms with Crippen LogP contribution < -0.4 is 10.1 Å². The molecular formula is C25H19BrN2O4S. The third-order valence-electron chi connectivity index (χ3n) is 4.78. The van der Waals surface area contributed by atoms with Gasteiger partial charge in [-0.15, -0.1) is 0 Å². The van der Waals surface area contributed by atoms with Gasteiger partial charge in [0, 0.05) is 15.7 Å². The molecule has 0 radical (unpaired) electrons. The zero-order chi connectivity index (χ0) is 23.2. The Labute approximate surface area is 203 Å². The maximum atomic E-state index is 12.9. The molecule has 166 valence electrons. The van der Waals surface area contributed by atoms with Gasteiger partial charge in [-0.25, -0.2) is 0 Å². The van der Waals surface area contributed by atoms with Crippen molar-refractivity contribution in [2.24, 2.45) is 0 Å². The Bertz CT molecular complexity index is 1230. The number of ether oxygens (including phenoxy) is 1. The standard InChI is InChI=1S/C25H19BrN2O4S/c26-20-12-6-4-9-18(20)15-28-24(30)22(33-25(28)31)14-17-8-5-7-13-21(17)32-16-23(29)27-19-10-2-1-3-11-19/h1-14H,15-16H2,(H,27,29)/b22-14+. The van der Waals surface area contributed by atoms with E-state index in [1.54, 1.807) is 42.5 Å². The third-order valence-corrected chi connectivity index (χ3v) is 6.46. The van der Waals surface area contributed by atoms with Crippen LogP contribution in [-0.2, 0) is 16.1 Å². The maximum Gasteiger partial charge on any atom is 0.293 e. The second-order valence-corrected chi connectivity index (χ2v) is 8.95. The molecule has 0 spiro atoms. The normalized spacial score (nSPS) is 14.6. The number of carbonyl (C=O) groups excluding carboxylic acids is 3. The monoisotopic (exact) mass is 522 g/mol. The van der Waals surface area contributed by atoms with Gasteiger partial charge in [-0.2, -0.15) is 0 Å². The summed E-state index contributed by atoms with van der Waals surface area (Å²) in [5, 5.41) is 2.43. The molecule has 0 bridgehead atoms. The number of benzene rings is 3. The van der Waals surface area contributed by atoms with Gasteiger partial charge in [0.15, 0.2) is 6.61 Å². The largest absolute Gasteiger partial charge is 0.483 e. The number of halogens is 1. The van der Waals surface area contributed by atoms with Crippen molar-refractivity contribution in [3.05, 3.63) is 99.4 Å². The lowest BCUT2D eigenvalue weighted by atomic mass is 10.1. The molecule has 1 heterocycles. The number of rotatable bonds is 7. The Hall–Kier alpha value is -3.36. The molecule has 1 N–H and O–H groups in total. The minimum atomic E-state index is -0.364. The lowest BCUT2D eigenvalue weighted by Gasteiger charge is -2.13. The zero-order valence-corrected chi connectivity index (χ0v) is 19.8. The van der Waals surface area contributed by atoms with Crippen LogP contribution in [-0.4, -0.2) is 28.6 Å². The van der Waals surface area contributed by atoms with E-state index in [9.17, 15) is 14.4 Å². The fourth-order valence-electron chi connectivity index (χ4n) is 3.17. The van der Waals surface area contributed by atoms with E-state index in [4.69, 9.17) is 4.74 Å². The van der Waals surface area contributed by atoms with Crippen LogP contribution in [0.4, 0.5) is 10.5 Å². The van der Waals surface area contributed by atoms with E-state index in [0.29, 0.717) is 21.9 Å². The summed E-state index contributed by atoms with van der Waals surface area (Å²) in [4.78, 5) is 39.1. The molecule has 0 saturated carbocycles. The summed E-state index contributed by atoms with van der Waals surface area (Å²) < 4.78 is 6.53. The number of amides is 3. The quantitative estimate of drug-likeness (QED) is 0.402. The lowest BCUT2D eigenvalue weighted by Crippen LogP contribution is -2.27. The van der Waals surface area contributed by atoms with Crippen molar-refractivity contribution in [1.82, 2.24) is 4.90 Å². The summed E-state index contributed by atoms with van der Waals surface area (Å²) >= 11 is 4.34. The average molecular weight is 523 g/mol. The van der Waals surface area contributed by atoms with E-state index in [-0.39, 0.29) is 30.2 Å². The number of nitrogens with one attached hydrogen (secondary N) is 1. The summed E-state index contributed by atoms with van der Waals surface area (Å²) in [6.07, 6.45) is 1.62. The van der Waals surface area contributed by atoms with Crippen LogP contribution in [0.25, 0.3) is 6.08 Å². The van der Waals surface area contributed by atoms with Crippen molar-refractivity contribution in [1.29, 1.82) is 0 Å². The van der Waals surface area contributed by atoms with E-state index in [1.165, 1.54) is 4.90 Å². The zero-order valence-electron chi connectivity index (χ0n) is 17.4. The number of thioether (sulfide) groups is 1. The highest BCUT2D eigenvalue weighted by molar-refractivity contribution is 9.10. The van der Waals surface area contributed by atoms with Gasteiger partial charge in [-0.05, 0) is 47.7 Å². The number of hydrogen-bond acceptors (Lipinski definition) is 5. The highest BCUT2D eigenvalue weighted by atomic mass is 79.9. The molecule has 3 aromatic rings. The molecule has 1 aliphatic rings. The second kappa shape index (κ2) is 10.5. The van der Waals surface area contributed by atoms with Gasteiger partial charge in [0.2, 0.25) is 0 Å². The predicted octanol–water partition coefficient (Wildman–Crippen LogP) is 5.70. The molecule has 0 aliphatic carbocycles. The van der Waals surface area contributed by atoms with Gasteiger partial charge in [0.1, 0.15) is 5.75 Å². The minimum Gasteiger partial charge on any atom is -0.483 e. The summed E-state index contributed by atoms with van der Waals surface area (Å²) in [7, 11) is 0. The van der Waals surface area contributed by atoms with Crippen LogP contribution in [0, 0.1) is 0 Å². The van der Waals surface area contributed by atoms with E-state index in [1.807, 2.05) is 42.5 Å². The highest BCUT2D eigenvalue weighted by Gasteiger charge is 2.35. The summed E-state index contributed by atoms with van der Waals surface area (Å²) in [6.45, 7) is -0.00943. The molecule has 0 aromatic heterocycles. The maximum absolute atomic E-state index is 12.9. The van der Waals surface area contributed by atoms with Crippen molar-refractivity contribution in [2.75, 3.05) is 11.9 Å². The molecule has 0 atom stereocenters.